The van der Waals surface area contributed by atoms with Gasteiger partial charge >= 0.3 is 5.69 Å². The predicted octanol–water partition coefficient (Wildman–Crippen LogP) is 0.990. The molecule has 1 aromatic heterocycles. The van der Waals surface area contributed by atoms with E-state index in [1.165, 1.54) is 0 Å². The molecule has 1 saturated heterocycles. The third-order valence-electron chi connectivity index (χ3n) is 6.49. The molecule has 1 saturated carbocycles. The maximum atomic E-state index is 12.7. The van der Waals surface area contributed by atoms with E-state index >= 15 is 0 Å². The van der Waals surface area contributed by atoms with Crippen LogP contribution in [0, 0.1) is 12.3 Å². The maximum Gasteiger partial charge on any atom is 0.325 e. The van der Waals surface area contributed by atoms with E-state index in [9.17, 15) is 19.2 Å². The Morgan fingerprint density at radius 2 is 1.89 bits per heavy atom. The van der Waals surface area contributed by atoms with E-state index in [1.54, 1.807) is 11.8 Å². The fourth-order valence-electron chi connectivity index (χ4n) is 4.51. The van der Waals surface area contributed by atoms with E-state index in [0.717, 1.165) is 32.1 Å². The van der Waals surface area contributed by atoms with Crippen LogP contribution in [-0.4, -0.2) is 45.3 Å². The third kappa shape index (κ3) is 4.05. The van der Waals surface area contributed by atoms with Crippen LogP contribution in [0.4, 0.5) is 0 Å². The first kappa shape index (κ1) is 20.4. The number of aromatic amines is 2. The lowest BCUT2D eigenvalue weighted by atomic mass is 9.87. The topological polar surface area (TPSA) is 115 Å². The molecule has 2 fully saturated rings. The van der Waals surface area contributed by atoms with E-state index < -0.39 is 11.2 Å². The summed E-state index contributed by atoms with van der Waals surface area (Å²) < 4.78 is 0. The summed E-state index contributed by atoms with van der Waals surface area (Å²) in [6, 6.07) is -0.108. The van der Waals surface area contributed by atoms with Gasteiger partial charge in [0.15, 0.2) is 0 Å². The number of nitrogens with one attached hydrogen (secondary N) is 3. The molecule has 1 aliphatic carbocycles. The third-order valence-corrected chi connectivity index (χ3v) is 6.49. The van der Waals surface area contributed by atoms with E-state index in [2.05, 4.69) is 15.3 Å². The summed E-state index contributed by atoms with van der Waals surface area (Å²) in [4.78, 5) is 55.1. The Kier molecular flexibility index (Phi) is 5.76. The lowest BCUT2D eigenvalue weighted by molar-refractivity contribution is -0.134. The maximum absolute atomic E-state index is 12.7. The molecule has 0 aromatic carbocycles. The van der Waals surface area contributed by atoms with Crippen LogP contribution in [0.3, 0.4) is 0 Å². The molecule has 2 atom stereocenters. The highest BCUT2D eigenvalue weighted by Gasteiger charge is 2.40. The molecule has 1 aliphatic heterocycles. The van der Waals surface area contributed by atoms with Crippen molar-refractivity contribution in [1.82, 2.24) is 20.2 Å². The van der Waals surface area contributed by atoms with Gasteiger partial charge in [-0.1, -0.05) is 19.8 Å². The van der Waals surface area contributed by atoms with Gasteiger partial charge in [-0.3, -0.25) is 19.4 Å². The zero-order valence-electron chi connectivity index (χ0n) is 16.9. The zero-order valence-corrected chi connectivity index (χ0v) is 16.9. The molecule has 0 radical (unpaired) electrons. The molecule has 1 aromatic rings. The molecule has 3 rings (SSSR count). The number of likely N-dealkylation sites (tertiary alicyclic amines) is 1. The zero-order chi connectivity index (χ0) is 20.5. The van der Waals surface area contributed by atoms with Gasteiger partial charge < -0.3 is 15.2 Å². The van der Waals surface area contributed by atoms with Crippen molar-refractivity contribution in [3.05, 3.63) is 32.1 Å². The standard InChI is InChI=1S/C20H30N4O4/c1-12-14(17(26)23-19(28)21-12)6-7-16(25)24-11-8-15(13(24)2)22-18(27)20(3)9-4-5-10-20/h13,15H,4-11H2,1-3H3,(H,22,27)(H2,21,23,26,28). The number of aromatic nitrogens is 2. The Hall–Kier alpha value is -2.38. The fraction of sp³-hybridized carbons (Fsp3) is 0.700. The van der Waals surface area contributed by atoms with Gasteiger partial charge in [0.2, 0.25) is 11.8 Å². The minimum Gasteiger partial charge on any atom is -0.351 e. The molecule has 2 heterocycles. The van der Waals surface area contributed by atoms with E-state index in [-0.39, 0.29) is 42.2 Å². The van der Waals surface area contributed by atoms with Crippen molar-refractivity contribution >= 4 is 11.8 Å². The molecule has 2 unspecified atom stereocenters. The molecular formula is C20H30N4O4. The second-order valence-electron chi connectivity index (χ2n) is 8.48. The molecule has 0 bridgehead atoms. The largest absolute Gasteiger partial charge is 0.351 e. The van der Waals surface area contributed by atoms with Crippen LogP contribution < -0.4 is 16.6 Å². The number of carbonyl (C=O) groups is 2. The molecule has 154 valence electrons. The van der Waals surface area contributed by atoms with Crippen LogP contribution in [0.2, 0.25) is 0 Å². The molecule has 2 aliphatic rings. The van der Waals surface area contributed by atoms with Crippen molar-refractivity contribution in [2.75, 3.05) is 6.54 Å². The Morgan fingerprint density at radius 1 is 1.21 bits per heavy atom. The average molecular weight is 390 g/mol. The van der Waals surface area contributed by atoms with Gasteiger partial charge in [-0.2, -0.15) is 0 Å². The van der Waals surface area contributed by atoms with Crippen molar-refractivity contribution in [2.24, 2.45) is 5.41 Å². The summed E-state index contributed by atoms with van der Waals surface area (Å²) in [6.07, 6.45) is 5.25. The van der Waals surface area contributed by atoms with E-state index in [1.807, 2.05) is 13.8 Å². The first-order valence-electron chi connectivity index (χ1n) is 10.1. The van der Waals surface area contributed by atoms with Crippen molar-refractivity contribution in [3.63, 3.8) is 0 Å². The number of rotatable bonds is 5. The van der Waals surface area contributed by atoms with E-state index in [0.29, 0.717) is 17.8 Å². The first-order valence-corrected chi connectivity index (χ1v) is 10.1. The Bertz CT molecular complexity index is 866. The molecule has 8 heteroatoms. The Morgan fingerprint density at radius 3 is 2.54 bits per heavy atom. The number of aryl methyl sites for hydroxylation is 1. The van der Waals surface area contributed by atoms with Crippen LogP contribution in [0.15, 0.2) is 9.59 Å². The molecule has 2 amide bonds. The van der Waals surface area contributed by atoms with Crippen molar-refractivity contribution in [1.29, 1.82) is 0 Å². The van der Waals surface area contributed by atoms with Crippen molar-refractivity contribution in [2.45, 2.75) is 77.8 Å². The van der Waals surface area contributed by atoms with Gasteiger partial charge in [-0.15, -0.1) is 0 Å². The van der Waals surface area contributed by atoms with Gasteiger partial charge in [0.1, 0.15) is 0 Å². The van der Waals surface area contributed by atoms with Gasteiger partial charge in [-0.25, -0.2) is 4.79 Å². The van der Waals surface area contributed by atoms with Gasteiger partial charge in [-0.05, 0) is 39.5 Å². The lowest BCUT2D eigenvalue weighted by Gasteiger charge is -2.29. The van der Waals surface area contributed by atoms with Crippen LogP contribution in [-0.2, 0) is 16.0 Å². The first-order chi connectivity index (χ1) is 13.2. The van der Waals surface area contributed by atoms with Crippen LogP contribution in [0.1, 0.15) is 63.6 Å². The van der Waals surface area contributed by atoms with Crippen molar-refractivity contribution < 1.29 is 9.59 Å². The predicted molar refractivity (Wildman–Crippen MR) is 105 cm³/mol. The number of hydrogen-bond donors (Lipinski definition) is 3. The minimum absolute atomic E-state index is 0.0351. The second kappa shape index (κ2) is 7.93. The average Bonchev–Trinajstić information content (AvgIpc) is 3.21. The smallest absolute Gasteiger partial charge is 0.325 e. The molecule has 3 N–H and O–H groups in total. The minimum atomic E-state index is -0.541. The number of amides is 2. The monoisotopic (exact) mass is 390 g/mol. The van der Waals surface area contributed by atoms with Crippen LogP contribution in [0.5, 0.6) is 0 Å². The molecule has 8 nitrogen and oxygen atoms in total. The number of H-pyrrole nitrogens is 2. The highest BCUT2D eigenvalue weighted by Crippen LogP contribution is 2.38. The van der Waals surface area contributed by atoms with Gasteiger partial charge in [0, 0.05) is 35.7 Å². The number of nitrogens with zero attached hydrogens (tertiary/aromatic N) is 1. The van der Waals surface area contributed by atoms with Gasteiger partial charge in [0.05, 0.1) is 6.04 Å². The summed E-state index contributed by atoms with van der Waals surface area (Å²) in [5.74, 6) is 0.0628. The van der Waals surface area contributed by atoms with Gasteiger partial charge in [0.25, 0.3) is 5.56 Å². The molecule has 0 spiro atoms. The fourth-order valence-corrected chi connectivity index (χ4v) is 4.51. The normalized spacial score (nSPS) is 23.8. The second-order valence-corrected chi connectivity index (χ2v) is 8.48. The quantitative estimate of drug-likeness (QED) is 0.695. The highest BCUT2D eigenvalue weighted by molar-refractivity contribution is 5.83. The summed E-state index contributed by atoms with van der Waals surface area (Å²) in [7, 11) is 0. The van der Waals surface area contributed by atoms with Crippen molar-refractivity contribution in [3.8, 4) is 0 Å². The number of carbonyl (C=O) groups excluding carboxylic acids is 2. The summed E-state index contributed by atoms with van der Waals surface area (Å²) in [5.41, 5.74) is -0.344. The summed E-state index contributed by atoms with van der Waals surface area (Å²) >= 11 is 0. The summed E-state index contributed by atoms with van der Waals surface area (Å²) in [6.45, 7) is 6.25. The lowest BCUT2D eigenvalue weighted by Crippen LogP contribution is -2.48. The van der Waals surface area contributed by atoms with Crippen LogP contribution in [0.25, 0.3) is 0 Å². The SMILES string of the molecule is Cc1[nH]c(=O)[nH]c(=O)c1CCC(=O)N1CCC(NC(=O)C2(C)CCCC2)C1C. The number of hydrogen-bond acceptors (Lipinski definition) is 4. The Labute approximate surface area is 164 Å². The summed E-state index contributed by atoms with van der Waals surface area (Å²) in [5, 5.41) is 3.17. The Balaban J connectivity index is 1.58. The van der Waals surface area contributed by atoms with E-state index in [4.69, 9.17) is 0 Å². The highest BCUT2D eigenvalue weighted by atomic mass is 16.2. The molecule has 28 heavy (non-hydrogen) atoms. The van der Waals surface area contributed by atoms with Crippen LogP contribution >= 0.6 is 0 Å². The molecular weight excluding hydrogens is 360 g/mol.